The van der Waals surface area contributed by atoms with E-state index in [1.165, 1.54) is 0 Å². The van der Waals surface area contributed by atoms with Crippen molar-refractivity contribution in [2.24, 2.45) is 0 Å². The molecule has 0 atom stereocenters. The number of ether oxygens (including phenoxy) is 1. The minimum absolute atomic E-state index is 0.240. The van der Waals surface area contributed by atoms with E-state index in [9.17, 15) is 9.59 Å². The summed E-state index contributed by atoms with van der Waals surface area (Å²) in [5, 5.41) is 9.42. The van der Waals surface area contributed by atoms with Crippen molar-refractivity contribution in [3.05, 3.63) is 45.3 Å². The summed E-state index contributed by atoms with van der Waals surface area (Å²) in [6, 6.07) is 5.31. The Morgan fingerprint density at radius 1 is 1.52 bits per heavy atom. The highest BCUT2D eigenvalue weighted by Crippen LogP contribution is 2.34. The van der Waals surface area contributed by atoms with Crippen LogP contribution in [0.4, 0.5) is 0 Å². The standard InChI is InChI=1S/C15H10ClNO4S2/c16-10-1-2-11-9(5-10)3-8(7-21-11)4-12-14(20)17(6-13(18)19)15(22)23-12/h1-5H,6-7H2,(H,18,19)/b12-4+. The van der Waals surface area contributed by atoms with Crippen molar-refractivity contribution < 1.29 is 19.4 Å². The van der Waals surface area contributed by atoms with Crippen LogP contribution in [-0.4, -0.2) is 39.4 Å². The second-order valence-corrected chi connectivity index (χ2v) is 6.96. The number of carbonyl (C=O) groups is 2. The lowest BCUT2D eigenvalue weighted by Gasteiger charge is -2.16. The summed E-state index contributed by atoms with van der Waals surface area (Å²) in [6.45, 7) is -0.117. The van der Waals surface area contributed by atoms with Crippen LogP contribution in [0.3, 0.4) is 0 Å². The van der Waals surface area contributed by atoms with Crippen molar-refractivity contribution in [2.75, 3.05) is 13.2 Å². The van der Waals surface area contributed by atoms with Gasteiger partial charge in [-0.05, 0) is 35.9 Å². The molecule has 0 aliphatic carbocycles. The van der Waals surface area contributed by atoms with Gasteiger partial charge in [-0.1, -0.05) is 35.6 Å². The van der Waals surface area contributed by atoms with Crippen molar-refractivity contribution in [3.63, 3.8) is 0 Å². The Balaban J connectivity index is 1.86. The normalized spacial score (nSPS) is 18.7. The fraction of sp³-hybridized carbons (Fsp3) is 0.133. The molecule has 1 N–H and O–H groups in total. The van der Waals surface area contributed by atoms with Crippen molar-refractivity contribution in [3.8, 4) is 5.75 Å². The van der Waals surface area contributed by atoms with Crippen LogP contribution >= 0.6 is 35.6 Å². The number of nitrogens with zero attached hydrogens (tertiary/aromatic N) is 1. The Kier molecular flexibility index (Phi) is 4.43. The Morgan fingerprint density at radius 3 is 3.04 bits per heavy atom. The van der Waals surface area contributed by atoms with E-state index in [1.54, 1.807) is 24.3 Å². The van der Waals surface area contributed by atoms with Gasteiger partial charge in [0.2, 0.25) is 0 Å². The van der Waals surface area contributed by atoms with Gasteiger partial charge in [0.15, 0.2) is 0 Å². The second kappa shape index (κ2) is 6.35. The third-order valence-corrected chi connectivity index (χ3v) is 4.80. The molecule has 0 unspecified atom stereocenters. The number of thiocarbonyl (C=S) groups is 1. The summed E-state index contributed by atoms with van der Waals surface area (Å²) in [4.78, 5) is 24.5. The average Bonchev–Trinajstić information content (AvgIpc) is 2.74. The van der Waals surface area contributed by atoms with Gasteiger partial charge in [0, 0.05) is 10.6 Å². The minimum atomic E-state index is -1.11. The van der Waals surface area contributed by atoms with Gasteiger partial charge in [-0.2, -0.15) is 0 Å². The van der Waals surface area contributed by atoms with E-state index in [2.05, 4.69) is 0 Å². The lowest BCUT2D eigenvalue weighted by atomic mass is 10.1. The number of thioether (sulfide) groups is 1. The van der Waals surface area contributed by atoms with Crippen LogP contribution in [0.2, 0.25) is 5.02 Å². The number of carbonyl (C=O) groups excluding carboxylic acids is 1. The predicted molar refractivity (Wildman–Crippen MR) is 92.5 cm³/mol. The number of halogens is 1. The van der Waals surface area contributed by atoms with Crippen molar-refractivity contribution in [1.29, 1.82) is 0 Å². The van der Waals surface area contributed by atoms with Crippen LogP contribution in [0.25, 0.3) is 6.08 Å². The largest absolute Gasteiger partial charge is 0.488 e. The average molecular weight is 368 g/mol. The molecule has 23 heavy (non-hydrogen) atoms. The first-order chi connectivity index (χ1) is 10.9. The minimum Gasteiger partial charge on any atom is -0.488 e. The number of carboxylic acid groups (broad SMARTS) is 1. The summed E-state index contributed by atoms with van der Waals surface area (Å²) < 4.78 is 5.86. The quantitative estimate of drug-likeness (QED) is 0.654. The zero-order valence-electron chi connectivity index (χ0n) is 11.6. The van der Waals surface area contributed by atoms with Gasteiger partial charge in [-0.25, -0.2) is 0 Å². The highest BCUT2D eigenvalue weighted by Gasteiger charge is 2.33. The van der Waals surface area contributed by atoms with E-state index in [0.29, 0.717) is 16.5 Å². The number of aliphatic carboxylic acids is 1. The fourth-order valence-corrected chi connectivity index (χ4v) is 3.64. The molecule has 2 heterocycles. The van der Waals surface area contributed by atoms with E-state index < -0.39 is 18.4 Å². The van der Waals surface area contributed by atoms with Gasteiger partial charge >= 0.3 is 5.97 Å². The number of rotatable bonds is 3. The first kappa shape index (κ1) is 16.0. The van der Waals surface area contributed by atoms with E-state index in [1.807, 2.05) is 6.08 Å². The number of amides is 1. The molecule has 2 aliphatic rings. The maximum absolute atomic E-state index is 12.2. The molecule has 0 spiro atoms. The van der Waals surface area contributed by atoms with E-state index in [4.69, 9.17) is 33.7 Å². The number of hydrogen-bond donors (Lipinski definition) is 1. The second-order valence-electron chi connectivity index (χ2n) is 4.85. The molecular weight excluding hydrogens is 358 g/mol. The molecular formula is C15H10ClNO4S2. The smallest absolute Gasteiger partial charge is 0.323 e. The molecule has 1 amide bonds. The summed E-state index contributed by atoms with van der Waals surface area (Å²) in [6.07, 6.45) is 3.56. The summed E-state index contributed by atoms with van der Waals surface area (Å²) in [7, 11) is 0. The monoisotopic (exact) mass is 367 g/mol. The maximum Gasteiger partial charge on any atom is 0.323 e. The van der Waals surface area contributed by atoms with Gasteiger partial charge in [0.05, 0.1) is 4.91 Å². The third-order valence-electron chi connectivity index (χ3n) is 3.19. The maximum atomic E-state index is 12.2. The number of benzene rings is 1. The van der Waals surface area contributed by atoms with Crippen LogP contribution in [0, 0.1) is 0 Å². The molecule has 118 valence electrons. The highest BCUT2D eigenvalue weighted by molar-refractivity contribution is 8.26. The molecule has 2 aliphatic heterocycles. The molecule has 8 heteroatoms. The van der Waals surface area contributed by atoms with Crippen LogP contribution < -0.4 is 4.74 Å². The van der Waals surface area contributed by atoms with Crippen LogP contribution in [0.1, 0.15) is 5.56 Å². The third kappa shape index (κ3) is 3.41. The lowest BCUT2D eigenvalue weighted by molar-refractivity contribution is -0.140. The molecule has 1 fully saturated rings. The summed E-state index contributed by atoms with van der Waals surface area (Å²) >= 11 is 12.1. The van der Waals surface area contributed by atoms with E-state index >= 15 is 0 Å². The molecule has 1 aromatic rings. The molecule has 0 radical (unpaired) electrons. The number of carboxylic acids is 1. The predicted octanol–water partition coefficient (Wildman–Crippen LogP) is 2.94. The first-order valence-corrected chi connectivity index (χ1v) is 8.14. The summed E-state index contributed by atoms with van der Waals surface area (Å²) in [5.74, 6) is -0.781. The highest BCUT2D eigenvalue weighted by atomic mass is 35.5. The molecule has 1 saturated heterocycles. The number of fused-ring (bicyclic) bond motifs is 1. The topological polar surface area (TPSA) is 66.8 Å². The van der Waals surface area contributed by atoms with Gasteiger partial charge in [0.1, 0.15) is 23.2 Å². The van der Waals surface area contributed by atoms with Gasteiger partial charge in [0.25, 0.3) is 5.91 Å². The van der Waals surface area contributed by atoms with Crippen molar-refractivity contribution in [1.82, 2.24) is 4.90 Å². The zero-order chi connectivity index (χ0) is 16.6. The molecule has 1 aromatic carbocycles. The Morgan fingerprint density at radius 2 is 2.30 bits per heavy atom. The number of hydrogen-bond acceptors (Lipinski definition) is 5. The lowest BCUT2D eigenvalue weighted by Crippen LogP contribution is -2.33. The van der Waals surface area contributed by atoms with E-state index in [-0.39, 0.29) is 4.32 Å². The molecule has 0 bridgehead atoms. The molecule has 0 saturated carbocycles. The first-order valence-electron chi connectivity index (χ1n) is 6.54. The van der Waals surface area contributed by atoms with Gasteiger partial charge in [-0.3, -0.25) is 14.5 Å². The van der Waals surface area contributed by atoms with E-state index in [0.717, 1.165) is 33.5 Å². The van der Waals surface area contributed by atoms with Crippen LogP contribution in [0.15, 0.2) is 34.8 Å². The molecule has 3 rings (SSSR count). The Bertz CT molecular complexity index is 788. The Hall–Kier alpha value is -1.83. The van der Waals surface area contributed by atoms with Crippen LogP contribution in [-0.2, 0) is 9.59 Å². The zero-order valence-corrected chi connectivity index (χ0v) is 14.0. The van der Waals surface area contributed by atoms with Crippen molar-refractivity contribution in [2.45, 2.75) is 0 Å². The summed E-state index contributed by atoms with van der Waals surface area (Å²) in [5.41, 5.74) is 1.62. The van der Waals surface area contributed by atoms with Gasteiger partial charge in [-0.15, -0.1) is 0 Å². The molecule has 0 aromatic heterocycles. The van der Waals surface area contributed by atoms with Crippen molar-refractivity contribution >= 4 is 57.9 Å². The molecule has 5 nitrogen and oxygen atoms in total. The fourth-order valence-electron chi connectivity index (χ4n) is 2.19. The Labute approximate surface area is 146 Å². The van der Waals surface area contributed by atoms with Crippen LogP contribution in [0.5, 0.6) is 5.75 Å². The van der Waals surface area contributed by atoms with Gasteiger partial charge < -0.3 is 9.84 Å². The SMILES string of the molecule is O=C(O)CN1C(=O)/C(=C\C2=Cc3cc(Cl)ccc3OC2)SC1=S.